The highest BCUT2D eigenvalue weighted by Crippen LogP contribution is 2.28. The van der Waals surface area contributed by atoms with Gasteiger partial charge in [0.25, 0.3) is 0 Å². The predicted octanol–water partition coefficient (Wildman–Crippen LogP) is 5.63. The van der Waals surface area contributed by atoms with E-state index in [0.717, 1.165) is 31.2 Å². The molecule has 0 atom stereocenters. The first-order valence-electron chi connectivity index (χ1n) is 11.3. The molecule has 0 radical (unpaired) electrons. The predicted molar refractivity (Wildman–Crippen MR) is 123 cm³/mol. The van der Waals surface area contributed by atoms with Crippen LogP contribution in [-0.4, -0.2) is 34.2 Å². The molecule has 1 aliphatic carbocycles. The molecule has 1 aromatic heterocycles. The van der Waals surface area contributed by atoms with Crippen LogP contribution in [0, 0.1) is 0 Å². The maximum Gasteiger partial charge on any atom is 0.242 e. The highest BCUT2D eigenvalue weighted by Gasteiger charge is 2.34. The molecule has 0 unspecified atom stereocenters. The van der Waals surface area contributed by atoms with Crippen LogP contribution < -0.4 is 0 Å². The Morgan fingerprint density at radius 3 is 2.37 bits per heavy atom. The largest absolute Gasteiger partial charge is 0.332 e. The molecular weight excluding hydrogens is 392 g/mol. The molecule has 0 aliphatic heterocycles. The second-order valence-electron chi connectivity index (χ2n) is 8.23. The SMILES string of the molecule is CCCCCCCC(=O)N(CC(=O)N(Cc1ccccc1)Cc1cccs1)C1CC1. The van der Waals surface area contributed by atoms with Crippen molar-refractivity contribution in [1.29, 1.82) is 0 Å². The Hall–Kier alpha value is -2.14. The first kappa shape index (κ1) is 22.5. The number of amides is 2. The third kappa shape index (κ3) is 7.28. The van der Waals surface area contributed by atoms with Gasteiger partial charge in [0.2, 0.25) is 11.8 Å². The third-order valence-corrected chi connectivity index (χ3v) is 6.46. The summed E-state index contributed by atoms with van der Waals surface area (Å²) in [5.41, 5.74) is 1.11. The summed E-state index contributed by atoms with van der Waals surface area (Å²) < 4.78 is 0. The fourth-order valence-corrected chi connectivity index (χ4v) is 4.42. The molecule has 1 aromatic carbocycles. The minimum Gasteiger partial charge on any atom is -0.332 e. The van der Waals surface area contributed by atoms with Crippen LogP contribution >= 0.6 is 11.3 Å². The highest BCUT2D eigenvalue weighted by molar-refractivity contribution is 7.09. The molecule has 0 bridgehead atoms. The van der Waals surface area contributed by atoms with Gasteiger partial charge in [0.1, 0.15) is 6.54 Å². The van der Waals surface area contributed by atoms with Crippen molar-refractivity contribution in [1.82, 2.24) is 9.80 Å². The van der Waals surface area contributed by atoms with E-state index in [-0.39, 0.29) is 24.4 Å². The number of rotatable bonds is 13. The molecule has 0 spiro atoms. The van der Waals surface area contributed by atoms with Crippen LogP contribution in [0.3, 0.4) is 0 Å². The van der Waals surface area contributed by atoms with E-state index in [2.05, 4.69) is 25.1 Å². The molecule has 3 rings (SSSR count). The summed E-state index contributed by atoms with van der Waals surface area (Å²) in [5.74, 6) is 0.191. The fraction of sp³-hybridized carbons (Fsp3) is 0.520. The Labute approximate surface area is 184 Å². The number of benzene rings is 1. The summed E-state index contributed by atoms with van der Waals surface area (Å²) in [6.45, 7) is 3.57. The van der Waals surface area contributed by atoms with Crippen molar-refractivity contribution in [2.75, 3.05) is 6.54 Å². The van der Waals surface area contributed by atoms with Crippen molar-refractivity contribution >= 4 is 23.2 Å². The topological polar surface area (TPSA) is 40.6 Å². The van der Waals surface area contributed by atoms with Gasteiger partial charge in [0.05, 0.1) is 6.54 Å². The molecular formula is C25H34N2O2S. The van der Waals surface area contributed by atoms with Gasteiger partial charge in [0, 0.05) is 23.9 Å². The number of hydrogen-bond donors (Lipinski definition) is 0. The van der Waals surface area contributed by atoms with Gasteiger partial charge in [-0.2, -0.15) is 0 Å². The van der Waals surface area contributed by atoms with Gasteiger partial charge in [-0.25, -0.2) is 0 Å². The van der Waals surface area contributed by atoms with Crippen LogP contribution in [0.25, 0.3) is 0 Å². The first-order chi connectivity index (χ1) is 14.7. The van der Waals surface area contributed by atoms with E-state index >= 15 is 0 Å². The monoisotopic (exact) mass is 426 g/mol. The average Bonchev–Trinajstić information content (AvgIpc) is 3.47. The molecule has 1 fully saturated rings. The number of hydrogen-bond acceptors (Lipinski definition) is 3. The van der Waals surface area contributed by atoms with Crippen LogP contribution in [0.15, 0.2) is 47.8 Å². The molecule has 1 saturated carbocycles. The van der Waals surface area contributed by atoms with E-state index in [1.807, 2.05) is 39.4 Å². The van der Waals surface area contributed by atoms with Crippen molar-refractivity contribution in [2.45, 2.75) is 77.4 Å². The molecule has 1 aliphatic rings. The lowest BCUT2D eigenvalue weighted by Gasteiger charge is -2.28. The van der Waals surface area contributed by atoms with Crippen molar-refractivity contribution in [3.8, 4) is 0 Å². The van der Waals surface area contributed by atoms with Gasteiger partial charge in [-0.1, -0.05) is 69.0 Å². The van der Waals surface area contributed by atoms with Gasteiger partial charge in [-0.05, 0) is 36.3 Å². The van der Waals surface area contributed by atoms with Crippen LogP contribution in [0.5, 0.6) is 0 Å². The lowest BCUT2D eigenvalue weighted by molar-refractivity contribution is -0.141. The highest BCUT2D eigenvalue weighted by atomic mass is 32.1. The lowest BCUT2D eigenvalue weighted by atomic mass is 10.1. The zero-order chi connectivity index (χ0) is 21.2. The maximum atomic E-state index is 13.3. The number of nitrogens with zero attached hydrogens (tertiary/aromatic N) is 2. The summed E-state index contributed by atoms with van der Waals surface area (Å²) in [6, 6.07) is 14.4. The van der Waals surface area contributed by atoms with Gasteiger partial charge in [-0.3, -0.25) is 9.59 Å². The van der Waals surface area contributed by atoms with Crippen LogP contribution in [-0.2, 0) is 22.7 Å². The maximum absolute atomic E-state index is 13.3. The van der Waals surface area contributed by atoms with Gasteiger partial charge in [-0.15, -0.1) is 11.3 Å². The Kier molecular flexibility index (Phi) is 8.94. The van der Waals surface area contributed by atoms with E-state index in [1.165, 1.54) is 24.1 Å². The summed E-state index contributed by atoms with van der Waals surface area (Å²) in [6.07, 6.45) is 8.28. The van der Waals surface area contributed by atoms with E-state index in [9.17, 15) is 9.59 Å². The number of unbranched alkanes of at least 4 members (excludes halogenated alkanes) is 4. The van der Waals surface area contributed by atoms with Crippen LogP contribution in [0.1, 0.15) is 68.7 Å². The molecule has 2 aromatic rings. The zero-order valence-electron chi connectivity index (χ0n) is 18.1. The lowest BCUT2D eigenvalue weighted by Crippen LogP contribution is -2.43. The second-order valence-corrected chi connectivity index (χ2v) is 9.26. The summed E-state index contributed by atoms with van der Waals surface area (Å²) >= 11 is 1.67. The number of carbonyl (C=O) groups excluding carboxylic acids is 2. The Morgan fingerprint density at radius 2 is 1.70 bits per heavy atom. The smallest absolute Gasteiger partial charge is 0.242 e. The van der Waals surface area contributed by atoms with E-state index < -0.39 is 0 Å². The Morgan fingerprint density at radius 1 is 0.933 bits per heavy atom. The number of thiophene rings is 1. The average molecular weight is 427 g/mol. The molecule has 0 saturated heterocycles. The Balaban J connectivity index is 1.60. The first-order valence-corrected chi connectivity index (χ1v) is 12.2. The van der Waals surface area contributed by atoms with Crippen LogP contribution in [0.4, 0.5) is 0 Å². The van der Waals surface area contributed by atoms with Crippen LogP contribution in [0.2, 0.25) is 0 Å². The number of carbonyl (C=O) groups is 2. The second kappa shape index (κ2) is 11.9. The van der Waals surface area contributed by atoms with Crippen molar-refractivity contribution < 1.29 is 9.59 Å². The Bertz CT molecular complexity index is 772. The molecule has 4 nitrogen and oxygen atoms in total. The van der Waals surface area contributed by atoms with Crippen molar-refractivity contribution in [3.05, 3.63) is 58.3 Å². The third-order valence-electron chi connectivity index (χ3n) is 5.60. The van der Waals surface area contributed by atoms with Gasteiger partial charge < -0.3 is 9.80 Å². The molecule has 2 amide bonds. The standard InChI is InChI=1S/C25H34N2O2S/c1-2-3-4-5-9-14-24(28)27(22-15-16-22)20-25(29)26(19-23-13-10-17-30-23)18-21-11-7-6-8-12-21/h6-8,10-13,17,22H,2-5,9,14-16,18-20H2,1H3. The van der Waals surface area contributed by atoms with E-state index in [4.69, 9.17) is 0 Å². The molecule has 0 N–H and O–H groups in total. The van der Waals surface area contributed by atoms with Crippen molar-refractivity contribution in [3.63, 3.8) is 0 Å². The zero-order valence-corrected chi connectivity index (χ0v) is 18.9. The molecule has 30 heavy (non-hydrogen) atoms. The van der Waals surface area contributed by atoms with E-state index in [0.29, 0.717) is 19.5 Å². The normalized spacial score (nSPS) is 13.2. The summed E-state index contributed by atoms with van der Waals surface area (Å²) in [4.78, 5) is 31.0. The summed E-state index contributed by atoms with van der Waals surface area (Å²) in [7, 11) is 0. The summed E-state index contributed by atoms with van der Waals surface area (Å²) in [5, 5.41) is 2.04. The minimum absolute atomic E-state index is 0.0403. The van der Waals surface area contributed by atoms with Gasteiger partial charge >= 0.3 is 0 Å². The minimum atomic E-state index is 0.0403. The van der Waals surface area contributed by atoms with E-state index in [1.54, 1.807) is 11.3 Å². The molecule has 162 valence electrons. The van der Waals surface area contributed by atoms with Crippen molar-refractivity contribution in [2.24, 2.45) is 0 Å². The molecule has 1 heterocycles. The van der Waals surface area contributed by atoms with Gasteiger partial charge in [0.15, 0.2) is 0 Å². The quantitative estimate of drug-likeness (QED) is 0.390. The fourth-order valence-electron chi connectivity index (χ4n) is 3.70. The molecule has 5 heteroatoms.